The molecular formula is C18H20F2N2O. The number of carbonyl (C=O) groups is 1. The zero-order valence-electron chi connectivity index (χ0n) is 13.2. The van der Waals surface area contributed by atoms with Crippen LogP contribution in [0.2, 0.25) is 0 Å². The molecule has 0 bridgehead atoms. The molecule has 0 heterocycles. The van der Waals surface area contributed by atoms with Crippen molar-refractivity contribution in [2.75, 3.05) is 7.05 Å². The van der Waals surface area contributed by atoms with E-state index in [1.807, 2.05) is 30.3 Å². The van der Waals surface area contributed by atoms with Gasteiger partial charge in [0.1, 0.15) is 11.6 Å². The fourth-order valence-electron chi connectivity index (χ4n) is 2.41. The van der Waals surface area contributed by atoms with Gasteiger partial charge in [0.15, 0.2) is 0 Å². The van der Waals surface area contributed by atoms with Gasteiger partial charge in [-0.15, -0.1) is 0 Å². The molecule has 0 aliphatic heterocycles. The van der Waals surface area contributed by atoms with Crippen molar-refractivity contribution < 1.29 is 13.6 Å². The Morgan fingerprint density at radius 1 is 1.17 bits per heavy atom. The van der Waals surface area contributed by atoms with E-state index in [4.69, 9.17) is 5.73 Å². The first-order valence-electron chi connectivity index (χ1n) is 7.41. The van der Waals surface area contributed by atoms with Gasteiger partial charge in [0, 0.05) is 25.1 Å². The van der Waals surface area contributed by atoms with E-state index in [0.29, 0.717) is 0 Å². The van der Waals surface area contributed by atoms with E-state index in [0.717, 1.165) is 23.8 Å². The topological polar surface area (TPSA) is 46.3 Å². The Kier molecular flexibility index (Phi) is 5.45. The van der Waals surface area contributed by atoms with E-state index in [-0.39, 0.29) is 17.9 Å². The van der Waals surface area contributed by atoms with Crippen LogP contribution >= 0.6 is 0 Å². The molecule has 3 nitrogen and oxygen atoms in total. The molecule has 2 N–H and O–H groups in total. The molecular weight excluding hydrogens is 298 g/mol. The minimum absolute atomic E-state index is 0.0990. The Morgan fingerprint density at radius 3 is 2.48 bits per heavy atom. The summed E-state index contributed by atoms with van der Waals surface area (Å²) in [5.41, 5.74) is 7.05. The summed E-state index contributed by atoms with van der Waals surface area (Å²) < 4.78 is 27.2. The van der Waals surface area contributed by atoms with Gasteiger partial charge >= 0.3 is 0 Å². The predicted octanol–water partition coefficient (Wildman–Crippen LogP) is 3.57. The van der Waals surface area contributed by atoms with Gasteiger partial charge in [-0.3, -0.25) is 4.79 Å². The summed E-state index contributed by atoms with van der Waals surface area (Å²) >= 11 is 0. The molecule has 0 aromatic heterocycles. The first kappa shape index (κ1) is 17.1. The molecule has 2 aromatic rings. The van der Waals surface area contributed by atoms with E-state index >= 15 is 0 Å². The van der Waals surface area contributed by atoms with Crippen molar-refractivity contribution in [1.82, 2.24) is 4.90 Å². The number of hydrogen-bond acceptors (Lipinski definition) is 2. The lowest BCUT2D eigenvalue weighted by atomic mass is 10.0. The molecule has 0 aliphatic carbocycles. The predicted molar refractivity (Wildman–Crippen MR) is 85.5 cm³/mol. The van der Waals surface area contributed by atoms with Gasteiger partial charge in [-0.25, -0.2) is 8.78 Å². The fraction of sp³-hybridized carbons (Fsp3) is 0.278. The first-order valence-corrected chi connectivity index (χ1v) is 7.41. The second-order valence-electron chi connectivity index (χ2n) is 5.57. The number of hydrogen-bond donors (Lipinski definition) is 1. The summed E-state index contributed by atoms with van der Waals surface area (Å²) in [7, 11) is 1.56. The largest absolute Gasteiger partial charge is 0.339 e. The van der Waals surface area contributed by atoms with E-state index in [2.05, 4.69) is 0 Å². The highest BCUT2D eigenvalue weighted by Gasteiger charge is 2.22. The molecule has 0 saturated carbocycles. The van der Waals surface area contributed by atoms with Gasteiger partial charge in [-0.1, -0.05) is 30.3 Å². The van der Waals surface area contributed by atoms with Gasteiger partial charge in [0.25, 0.3) is 0 Å². The standard InChI is InChI=1S/C18H20F2N2O/c1-12(15-10-14(19)8-9-16(15)20)22(2)18(23)11-17(21)13-6-4-3-5-7-13/h3-10,12,17H,11,21H2,1-2H3/t12-,17+/m1/s1. The quantitative estimate of drug-likeness (QED) is 0.916. The van der Waals surface area contributed by atoms with Crippen LogP contribution in [0.3, 0.4) is 0 Å². The molecule has 0 spiro atoms. The maximum absolute atomic E-state index is 13.8. The highest BCUT2D eigenvalue weighted by molar-refractivity contribution is 5.77. The third-order valence-electron chi connectivity index (χ3n) is 4.00. The van der Waals surface area contributed by atoms with Crippen molar-refractivity contribution in [1.29, 1.82) is 0 Å². The van der Waals surface area contributed by atoms with Crippen molar-refractivity contribution in [3.05, 3.63) is 71.3 Å². The zero-order chi connectivity index (χ0) is 17.0. The number of carbonyl (C=O) groups excluding carboxylic acids is 1. The van der Waals surface area contributed by atoms with Crippen LogP contribution in [0.1, 0.15) is 36.6 Å². The lowest BCUT2D eigenvalue weighted by Crippen LogP contribution is -2.32. The van der Waals surface area contributed by atoms with Crippen LogP contribution in [0.25, 0.3) is 0 Å². The third-order valence-corrected chi connectivity index (χ3v) is 4.00. The average Bonchev–Trinajstić information content (AvgIpc) is 2.56. The van der Waals surface area contributed by atoms with Crippen LogP contribution in [0.4, 0.5) is 8.78 Å². The molecule has 0 radical (unpaired) electrons. The Hall–Kier alpha value is -2.27. The minimum atomic E-state index is -0.582. The highest BCUT2D eigenvalue weighted by Crippen LogP contribution is 2.24. The molecule has 2 atom stereocenters. The number of amides is 1. The maximum Gasteiger partial charge on any atom is 0.224 e. The Labute approximate surface area is 134 Å². The average molecular weight is 318 g/mol. The Balaban J connectivity index is 2.08. The van der Waals surface area contributed by atoms with E-state index in [9.17, 15) is 13.6 Å². The van der Waals surface area contributed by atoms with Crippen molar-refractivity contribution in [3.63, 3.8) is 0 Å². The summed E-state index contributed by atoms with van der Waals surface area (Å²) in [4.78, 5) is 13.8. The summed E-state index contributed by atoms with van der Waals surface area (Å²) in [6.45, 7) is 1.66. The van der Waals surface area contributed by atoms with Gasteiger partial charge in [0.05, 0.1) is 6.04 Å². The summed E-state index contributed by atoms with van der Waals surface area (Å²) in [5, 5.41) is 0. The van der Waals surface area contributed by atoms with Crippen LogP contribution in [-0.4, -0.2) is 17.9 Å². The van der Waals surface area contributed by atoms with Crippen molar-refractivity contribution in [2.45, 2.75) is 25.4 Å². The molecule has 0 fully saturated rings. The Morgan fingerprint density at radius 2 is 1.83 bits per heavy atom. The van der Waals surface area contributed by atoms with Gasteiger partial charge in [-0.2, -0.15) is 0 Å². The molecule has 0 saturated heterocycles. The van der Waals surface area contributed by atoms with Crippen LogP contribution in [0, 0.1) is 11.6 Å². The molecule has 23 heavy (non-hydrogen) atoms. The smallest absolute Gasteiger partial charge is 0.224 e. The molecule has 5 heteroatoms. The number of rotatable bonds is 5. The van der Waals surface area contributed by atoms with Crippen molar-refractivity contribution in [2.24, 2.45) is 5.73 Å². The van der Waals surface area contributed by atoms with E-state index in [1.54, 1.807) is 14.0 Å². The fourth-order valence-corrected chi connectivity index (χ4v) is 2.41. The van der Waals surface area contributed by atoms with Gasteiger partial charge in [0.2, 0.25) is 5.91 Å². The van der Waals surface area contributed by atoms with E-state index in [1.165, 1.54) is 4.90 Å². The highest BCUT2D eigenvalue weighted by atomic mass is 19.1. The Bertz CT molecular complexity index is 676. The lowest BCUT2D eigenvalue weighted by Gasteiger charge is -2.27. The molecule has 1 amide bonds. The maximum atomic E-state index is 13.8. The minimum Gasteiger partial charge on any atom is -0.339 e. The number of nitrogens with two attached hydrogens (primary N) is 1. The van der Waals surface area contributed by atoms with Gasteiger partial charge < -0.3 is 10.6 Å². The second kappa shape index (κ2) is 7.33. The van der Waals surface area contributed by atoms with Crippen LogP contribution in [0.15, 0.2) is 48.5 Å². The second-order valence-corrected chi connectivity index (χ2v) is 5.57. The zero-order valence-corrected chi connectivity index (χ0v) is 13.2. The van der Waals surface area contributed by atoms with Crippen LogP contribution < -0.4 is 5.73 Å². The van der Waals surface area contributed by atoms with Crippen LogP contribution in [-0.2, 0) is 4.79 Å². The van der Waals surface area contributed by atoms with Crippen molar-refractivity contribution in [3.8, 4) is 0 Å². The molecule has 0 aliphatic rings. The lowest BCUT2D eigenvalue weighted by molar-refractivity contribution is -0.132. The number of nitrogens with zero attached hydrogens (tertiary/aromatic N) is 1. The SMILES string of the molecule is C[C@H](c1cc(F)ccc1F)N(C)C(=O)C[C@H](N)c1ccccc1. The molecule has 0 unspecified atom stereocenters. The third kappa shape index (κ3) is 4.13. The van der Waals surface area contributed by atoms with Crippen molar-refractivity contribution >= 4 is 5.91 Å². The summed E-state index contributed by atoms with van der Waals surface area (Å²) in [6, 6.07) is 11.5. The molecule has 122 valence electrons. The molecule has 2 aromatic carbocycles. The number of halogens is 2. The molecule has 2 rings (SSSR count). The summed E-state index contributed by atoms with van der Waals surface area (Å²) in [5.74, 6) is -1.29. The van der Waals surface area contributed by atoms with Gasteiger partial charge in [-0.05, 0) is 30.7 Å². The number of benzene rings is 2. The van der Waals surface area contributed by atoms with Crippen LogP contribution in [0.5, 0.6) is 0 Å². The van der Waals surface area contributed by atoms with E-state index < -0.39 is 23.7 Å². The summed E-state index contributed by atoms with van der Waals surface area (Å²) in [6.07, 6.45) is 0.0990. The normalized spacial score (nSPS) is 13.4. The first-order chi connectivity index (χ1) is 10.9. The monoisotopic (exact) mass is 318 g/mol.